The molecule has 9 nitrogen and oxygen atoms in total. The zero-order valence-corrected chi connectivity index (χ0v) is 29.5. The van der Waals surface area contributed by atoms with Crippen LogP contribution < -0.4 is 5.73 Å². The lowest BCUT2D eigenvalue weighted by Crippen LogP contribution is -2.53. The Kier molecular flexibility index (Phi) is 9.20. The number of allylic oxidation sites excluding steroid dienone is 2. The summed E-state index contributed by atoms with van der Waals surface area (Å²) < 4.78 is 78.7. The summed E-state index contributed by atoms with van der Waals surface area (Å²) in [4.78, 5) is 23.8. The van der Waals surface area contributed by atoms with Crippen molar-refractivity contribution in [2.45, 2.75) is 62.8 Å². The normalized spacial score (nSPS) is 22.2. The predicted octanol–water partition coefficient (Wildman–Crippen LogP) is 7.24. The number of alkyl halides is 3. The van der Waals surface area contributed by atoms with E-state index in [0.717, 1.165) is 18.3 Å². The highest BCUT2D eigenvalue weighted by molar-refractivity contribution is 7.92. The van der Waals surface area contributed by atoms with Gasteiger partial charge in [-0.1, -0.05) is 26.3 Å². The second-order valence-electron chi connectivity index (χ2n) is 13.7. The number of nitrogens with two attached hydrogens (primary N) is 1. The van der Waals surface area contributed by atoms with E-state index in [-0.39, 0.29) is 36.7 Å². The molecule has 0 amide bonds. The van der Waals surface area contributed by atoms with Crippen LogP contribution in [0.3, 0.4) is 0 Å². The molecular formula is C33H39F4N7O2SSi. The van der Waals surface area contributed by atoms with Crippen molar-refractivity contribution in [3.05, 3.63) is 95.5 Å². The minimum atomic E-state index is -4.70. The molecule has 2 atom stereocenters. The van der Waals surface area contributed by atoms with Gasteiger partial charge in [0, 0.05) is 32.5 Å². The van der Waals surface area contributed by atoms with E-state index >= 15 is 4.21 Å². The molecular weight excluding hydrogens is 663 g/mol. The van der Waals surface area contributed by atoms with Crippen LogP contribution in [-0.4, -0.2) is 56.1 Å². The smallest absolute Gasteiger partial charge is 0.404 e. The maximum Gasteiger partial charge on any atom is 0.416 e. The molecule has 1 unspecified atom stereocenters. The number of carbonyl (C=O) groups excluding carboxylic acids is 1. The summed E-state index contributed by atoms with van der Waals surface area (Å²) in [6.07, 6.45) is 2.62. The molecule has 5 rings (SSSR count). The fourth-order valence-corrected chi connectivity index (χ4v) is 11.6. The number of fused-ring (bicyclic) bond motifs is 1. The first-order chi connectivity index (χ1) is 22.3. The van der Waals surface area contributed by atoms with Crippen LogP contribution in [-0.2, 0) is 23.1 Å². The first-order valence-corrected chi connectivity index (χ1v) is 19.8. The summed E-state index contributed by atoms with van der Waals surface area (Å²) in [5, 5.41) is 3.99. The number of piperidine rings is 1. The lowest BCUT2D eigenvalue weighted by molar-refractivity contribution is -0.137. The minimum Gasteiger partial charge on any atom is -0.404 e. The Hall–Kier alpha value is -3.95. The topological polar surface area (TPSA) is 119 Å². The number of rotatable bonds is 6. The van der Waals surface area contributed by atoms with Gasteiger partial charge in [0.2, 0.25) is 0 Å². The third kappa shape index (κ3) is 6.67. The van der Waals surface area contributed by atoms with E-state index in [1.807, 2.05) is 13.1 Å². The number of carbonyl (C=O) groups is 1. The molecule has 256 valence electrons. The molecule has 0 radical (unpaired) electrons. The number of ketones is 1. The minimum absolute atomic E-state index is 0.0503. The molecule has 1 aromatic carbocycles. The van der Waals surface area contributed by atoms with Crippen LogP contribution in [0.25, 0.3) is 0 Å². The van der Waals surface area contributed by atoms with Crippen molar-refractivity contribution < 1.29 is 26.6 Å². The van der Waals surface area contributed by atoms with Gasteiger partial charge < -0.3 is 5.73 Å². The molecule has 48 heavy (non-hydrogen) atoms. The first-order valence-electron chi connectivity index (χ1n) is 15.4. The van der Waals surface area contributed by atoms with Crippen LogP contribution in [0.5, 0.6) is 0 Å². The quantitative estimate of drug-likeness (QED) is 0.165. The van der Waals surface area contributed by atoms with Gasteiger partial charge in [-0.05, 0) is 85.2 Å². The highest BCUT2D eigenvalue weighted by Gasteiger charge is 2.52. The average molecular weight is 702 g/mol. The maximum atomic E-state index is 15.4. The summed E-state index contributed by atoms with van der Waals surface area (Å²) in [6.45, 7) is 10.3. The van der Waals surface area contributed by atoms with E-state index in [4.69, 9.17) is 9.76 Å². The second kappa shape index (κ2) is 12.5. The van der Waals surface area contributed by atoms with Crippen LogP contribution in [0, 0.1) is 11.2 Å². The number of Topliss-reactive ketones (excluding diaryl/α,β-unsaturated/α-hetero) is 1. The third-order valence-corrected chi connectivity index (χ3v) is 17.7. The number of hydrogen-bond acceptors (Lipinski definition) is 7. The number of hydrogen-bond donors (Lipinski definition) is 1. The fourth-order valence-electron chi connectivity index (χ4n) is 5.65. The molecule has 2 aliphatic rings. The summed E-state index contributed by atoms with van der Waals surface area (Å²) in [6, 6.07) is 7.11. The predicted molar refractivity (Wildman–Crippen MR) is 180 cm³/mol. The highest BCUT2D eigenvalue weighted by atomic mass is 32.2. The second-order valence-corrected chi connectivity index (χ2v) is 21.0. The Morgan fingerprint density at radius 1 is 1.15 bits per heavy atom. The molecule has 1 saturated heterocycles. The molecule has 3 heterocycles. The Balaban J connectivity index is 1.72. The van der Waals surface area contributed by atoms with Crippen molar-refractivity contribution in [2.24, 2.45) is 27.2 Å². The van der Waals surface area contributed by atoms with Gasteiger partial charge in [-0.3, -0.25) is 18.5 Å². The molecule has 2 N–H and O–H groups in total. The van der Waals surface area contributed by atoms with Gasteiger partial charge in [-0.15, -0.1) is 0 Å². The number of aryl methyl sites for hydroxylation is 1. The van der Waals surface area contributed by atoms with Gasteiger partial charge in [0.15, 0.2) is 14.0 Å². The standard InChI is InChI=1S/C33H39F4N7O2SSi/c1-31(2,3)48(5,6)42-47(46,27-19-40-43(4)20-27)44-14-12-23-15-28(41-26-9-7-25(34)8-10-26)22(18-38)17-32(23,21-44)30(45)29-16-24(11-13-39-29)33(35,36)37/h7-11,13,15-16,18-20H,12,14,17,21,38H2,1-6H3/t32-,47?/m0/s1. The van der Waals surface area contributed by atoms with Crippen molar-refractivity contribution in [1.82, 2.24) is 19.1 Å². The molecule has 1 aliphatic heterocycles. The van der Waals surface area contributed by atoms with E-state index in [0.29, 0.717) is 27.4 Å². The van der Waals surface area contributed by atoms with Crippen molar-refractivity contribution >= 4 is 35.3 Å². The number of benzene rings is 1. The van der Waals surface area contributed by atoms with Gasteiger partial charge in [0.25, 0.3) is 0 Å². The van der Waals surface area contributed by atoms with Gasteiger partial charge >= 0.3 is 6.18 Å². The largest absolute Gasteiger partial charge is 0.416 e. The molecule has 1 fully saturated rings. The van der Waals surface area contributed by atoms with Crippen LogP contribution in [0.4, 0.5) is 23.2 Å². The number of halogens is 4. The Bertz CT molecular complexity index is 1950. The van der Waals surface area contributed by atoms with E-state index in [2.05, 4.69) is 35.8 Å². The van der Waals surface area contributed by atoms with Crippen LogP contribution >= 0.6 is 0 Å². The van der Waals surface area contributed by atoms with E-state index in [1.54, 1.807) is 23.6 Å². The fraction of sp³-hybridized carbons (Fsp3) is 0.394. The van der Waals surface area contributed by atoms with Crippen LogP contribution in [0.2, 0.25) is 18.1 Å². The Labute approximate surface area is 279 Å². The lowest BCUT2D eigenvalue weighted by atomic mass is 9.64. The van der Waals surface area contributed by atoms with Gasteiger partial charge in [0.05, 0.1) is 33.5 Å². The van der Waals surface area contributed by atoms with E-state index in [1.165, 1.54) is 41.3 Å². The summed E-state index contributed by atoms with van der Waals surface area (Å²) in [7, 11) is -4.28. The molecule has 0 spiro atoms. The van der Waals surface area contributed by atoms with Crippen LogP contribution in [0.15, 0.2) is 92.3 Å². The van der Waals surface area contributed by atoms with Crippen molar-refractivity contribution in [3.8, 4) is 0 Å². The molecule has 0 saturated carbocycles. The molecule has 3 aromatic rings. The zero-order chi connectivity index (χ0) is 35.3. The molecule has 15 heteroatoms. The molecule has 1 aliphatic carbocycles. The van der Waals surface area contributed by atoms with E-state index in [9.17, 15) is 22.4 Å². The number of nitrogens with zero attached hydrogens (tertiary/aromatic N) is 6. The summed E-state index contributed by atoms with van der Waals surface area (Å²) >= 11 is 0. The van der Waals surface area contributed by atoms with Gasteiger partial charge in [0.1, 0.15) is 21.4 Å². The van der Waals surface area contributed by atoms with Crippen molar-refractivity contribution in [1.29, 1.82) is 0 Å². The van der Waals surface area contributed by atoms with Crippen molar-refractivity contribution in [3.63, 3.8) is 0 Å². The number of aliphatic imine (C=N–C) groups is 1. The number of pyridine rings is 1. The highest BCUT2D eigenvalue weighted by Crippen LogP contribution is 2.49. The average Bonchev–Trinajstić information content (AvgIpc) is 3.47. The Morgan fingerprint density at radius 2 is 1.83 bits per heavy atom. The molecule has 0 bridgehead atoms. The Morgan fingerprint density at radius 3 is 2.42 bits per heavy atom. The third-order valence-electron chi connectivity index (χ3n) is 9.38. The SMILES string of the molecule is Cn1cc(S(=O)(=N[Si](C)(C)C(C)(C)C)N2CCC3=CC(=Nc4ccc(F)cc4)C(=CN)C[C@]3(C(=O)c3cc(C(F)(F)F)ccn3)C2)cn1. The lowest BCUT2D eigenvalue weighted by Gasteiger charge is -2.47. The monoisotopic (exact) mass is 701 g/mol. The summed E-state index contributed by atoms with van der Waals surface area (Å²) in [5.41, 5.74) is 5.15. The maximum absolute atomic E-state index is 15.4. The zero-order valence-electron chi connectivity index (χ0n) is 27.7. The van der Waals surface area contributed by atoms with Crippen molar-refractivity contribution in [2.75, 3.05) is 13.1 Å². The van der Waals surface area contributed by atoms with Gasteiger partial charge in [-0.25, -0.2) is 17.9 Å². The van der Waals surface area contributed by atoms with E-state index < -0.39 is 46.9 Å². The van der Waals surface area contributed by atoms with Crippen LogP contribution in [0.1, 0.15) is 49.7 Å². The number of aromatic nitrogens is 3. The first kappa shape index (κ1) is 35.4. The van der Waals surface area contributed by atoms with Gasteiger partial charge in [-0.2, -0.15) is 18.3 Å². The summed E-state index contributed by atoms with van der Waals surface area (Å²) in [5.74, 6) is -1.09. The molecule has 2 aromatic heterocycles.